The van der Waals surface area contributed by atoms with Gasteiger partial charge in [0.15, 0.2) is 0 Å². The van der Waals surface area contributed by atoms with Crippen molar-refractivity contribution in [3.8, 4) is 0 Å². The summed E-state index contributed by atoms with van der Waals surface area (Å²) in [4.78, 5) is 18.8. The van der Waals surface area contributed by atoms with E-state index in [1.54, 1.807) is 25.3 Å². The average Bonchev–Trinajstić information content (AvgIpc) is 2.65. The van der Waals surface area contributed by atoms with E-state index in [9.17, 15) is 9.18 Å². The van der Waals surface area contributed by atoms with E-state index in [0.717, 1.165) is 25.2 Å². The molecule has 3 rings (SSSR count). The molecule has 2 aromatic rings. The fourth-order valence-corrected chi connectivity index (χ4v) is 3.12. The standard InChI is InChI=1S/C19H23FN4O/c1-14-16(20)5-2-6-17(14)23-19(25)7-10-24-11-9-22-13-18(24)15-4-3-8-21-12-15/h2-6,8,12,18,22H,7,9-11,13H2,1H3,(H,23,25). The van der Waals surface area contributed by atoms with Crippen LogP contribution in [0.1, 0.15) is 23.6 Å². The van der Waals surface area contributed by atoms with Crippen LogP contribution in [0.3, 0.4) is 0 Å². The molecule has 1 saturated heterocycles. The van der Waals surface area contributed by atoms with Crippen LogP contribution in [0.15, 0.2) is 42.7 Å². The molecule has 0 aliphatic carbocycles. The molecule has 1 aromatic heterocycles. The summed E-state index contributed by atoms with van der Waals surface area (Å²) in [5, 5.41) is 6.20. The Labute approximate surface area is 147 Å². The molecule has 0 radical (unpaired) electrons. The largest absolute Gasteiger partial charge is 0.326 e. The molecule has 0 bridgehead atoms. The molecule has 0 saturated carbocycles. The summed E-state index contributed by atoms with van der Waals surface area (Å²) in [5.41, 5.74) is 2.15. The van der Waals surface area contributed by atoms with Crippen LogP contribution in [-0.2, 0) is 4.79 Å². The highest BCUT2D eigenvalue weighted by atomic mass is 19.1. The number of nitrogens with zero attached hydrogens (tertiary/aromatic N) is 2. The Kier molecular flexibility index (Phi) is 5.73. The quantitative estimate of drug-likeness (QED) is 0.877. The summed E-state index contributed by atoms with van der Waals surface area (Å²) < 4.78 is 13.6. The van der Waals surface area contributed by atoms with Gasteiger partial charge in [0.05, 0.1) is 0 Å². The van der Waals surface area contributed by atoms with E-state index < -0.39 is 0 Å². The number of amides is 1. The minimum absolute atomic E-state index is 0.0998. The van der Waals surface area contributed by atoms with Gasteiger partial charge in [-0.3, -0.25) is 14.7 Å². The lowest BCUT2D eigenvalue weighted by atomic mass is 10.1. The van der Waals surface area contributed by atoms with Crippen LogP contribution in [0, 0.1) is 12.7 Å². The first-order valence-corrected chi connectivity index (χ1v) is 8.55. The number of carbonyl (C=O) groups excluding carboxylic acids is 1. The second-order valence-corrected chi connectivity index (χ2v) is 6.25. The van der Waals surface area contributed by atoms with Gasteiger partial charge in [-0.15, -0.1) is 0 Å². The monoisotopic (exact) mass is 342 g/mol. The zero-order valence-electron chi connectivity index (χ0n) is 14.3. The molecule has 6 heteroatoms. The lowest BCUT2D eigenvalue weighted by Crippen LogP contribution is -2.46. The van der Waals surface area contributed by atoms with E-state index in [2.05, 4.69) is 26.6 Å². The highest BCUT2D eigenvalue weighted by Crippen LogP contribution is 2.22. The topological polar surface area (TPSA) is 57.3 Å². The van der Waals surface area contributed by atoms with Gasteiger partial charge < -0.3 is 10.6 Å². The smallest absolute Gasteiger partial charge is 0.225 e. The highest BCUT2D eigenvalue weighted by Gasteiger charge is 2.24. The summed E-state index contributed by atoms with van der Waals surface area (Å²) >= 11 is 0. The third kappa shape index (κ3) is 4.41. The first-order valence-electron chi connectivity index (χ1n) is 8.55. The van der Waals surface area contributed by atoms with Crippen LogP contribution in [-0.4, -0.2) is 42.0 Å². The van der Waals surface area contributed by atoms with E-state index in [0.29, 0.717) is 24.2 Å². The Hall–Kier alpha value is -2.31. The normalized spacial score (nSPS) is 18.1. The molecular formula is C19H23FN4O. The Bertz CT molecular complexity index is 723. The number of benzene rings is 1. The van der Waals surface area contributed by atoms with Gasteiger partial charge in [0.25, 0.3) is 0 Å². The molecule has 132 valence electrons. The number of nitrogens with one attached hydrogen (secondary N) is 2. The molecule has 25 heavy (non-hydrogen) atoms. The Morgan fingerprint density at radius 3 is 3.08 bits per heavy atom. The van der Waals surface area contributed by atoms with Crippen molar-refractivity contribution in [3.63, 3.8) is 0 Å². The predicted molar refractivity (Wildman–Crippen MR) is 95.8 cm³/mol. The van der Waals surface area contributed by atoms with Crippen molar-refractivity contribution in [3.05, 3.63) is 59.7 Å². The number of halogens is 1. The van der Waals surface area contributed by atoms with Gasteiger partial charge in [-0.05, 0) is 30.7 Å². The summed E-state index contributed by atoms with van der Waals surface area (Å²) in [6, 6.07) is 8.93. The lowest BCUT2D eigenvalue weighted by molar-refractivity contribution is -0.116. The van der Waals surface area contributed by atoms with Crippen molar-refractivity contribution in [2.45, 2.75) is 19.4 Å². The van der Waals surface area contributed by atoms with Crippen molar-refractivity contribution in [2.75, 3.05) is 31.5 Å². The first kappa shape index (κ1) is 17.5. The maximum Gasteiger partial charge on any atom is 0.225 e. The van der Waals surface area contributed by atoms with Crippen LogP contribution < -0.4 is 10.6 Å². The molecule has 5 nitrogen and oxygen atoms in total. The maximum absolute atomic E-state index is 13.6. The van der Waals surface area contributed by atoms with Gasteiger partial charge in [-0.25, -0.2) is 4.39 Å². The van der Waals surface area contributed by atoms with E-state index in [1.165, 1.54) is 6.07 Å². The lowest BCUT2D eigenvalue weighted by Gasteiger charge is -2.36. The number of pyridine rings is 1. The third-order valence-corrected chi connectivity index (χ3v) is 4.59. The third-order valence-electron chi connectivity index (χ3n) is 4.59. The number of hydrogen-bond acceptors (Lipinski definition) is 4. The fraction of sp³-hybridized carbons (Fsp3) is 0.368. The summed E-state index contributed by atoms with van der Waals surface area (Å²) in [6.07, 6.45) is 4.01. The zero-order valence-corrected chi connectivity index (χ0v) is 14.3. The number of carbonyl (C=O) groups is 1. The highest BCUT2D eigenvalue weighted by molar-refractivity contribution is 5.91. The molecular weight excluding hydrogens is 319 g/mol. The number of hydrogen-bond donors (Lipinski definition) is 2. The van der Waals surface area contributed by atoms with Gasteiger partial charge in [0.1, 0.15) is 5.82 Å². The molecule has 1 amide bonds. The Morgan fingerprint density at radius 2 is 2.28 bits per heavy atom. The summed E-state index contributed by atoms with van der Waals surface area (Å²) in [7, 11) is 0. The van der Waals surface area contributed by atoms with Crippen molar-refractivity contribution in [1.29, 1.82) is 0 Å². The second-order valence-electron chi connectivity index (χ2n) is 6.25. The van der Waals surface area contributed by atoms with Crippen molar-refractivity contribution in [1.82, 2.24) is 15.2 Å². The van der Waals surface area contributed by atoms with Crippen molar-refractivity contribution >= 4 is 11.6 Å². The van der Waals surface area contributed by atoms with E-state index in [-0.39, 0.29) is 17.8 Å². The molecule has 2 heterocycles. The number of aromatic nitrogens is 1. The first-order chi connectivity index (χ1) is 12.1. The Morgan fingerprint density at radius 1 is 1.40 bits per heavy atom. The van der Waals surface area contributed by atoms with Crippen molar-refractivity contribution in [2.24, 2.45) is 0 Å². The fourth-order valence-electron chi connectivity index (χ4n) is 3.12. The zero-order chi connectivity index (χ0) is 17.6. The molecule has 1 aliphatic rings. The molecule has 1 atom stereocenters. The summed E-state index contributed by atoms with van der Waals surface area (Å²) in [5.74, 6) is -0.409. The van der Waals surface area contributed by atoms with Gasteiger partial charge in [-0.1, -0.05) is 12.1 Å². The van der Waals surface area contributed by atoms with Gasteiger partial charge >= 0.3 is 0 Å². The minimum atomic E-state index is -0.309. The predicted octanol–water partition coefficient (Wildman–Crippen LogP) is 2.50. The molecule has 1 unspecified atom stereocenters. The van der Waals surface area contributed by atoms with Crippen LogP contribution in [0.5, 0.6) is 0 Å². The molecule has 2 N–H and O–H groups in total. The van der Waals surface area contributed by atoms with Crippen molar-refractivity contribution < 1.29 is 9.18 Å². The van der Waals surface area contributed by atoms with E-state index in [1.807, 2.05) is 12.3 Å². The SMILES string of the molecule is Cc1c(F)cccc1NC(=O)CCN1CCNCC1c1cccnc1. The van der Waals surface area contributed by atoms with Gasteiger partial charge in [-0.2, -0.15) is 0 Å². The van der Waals surface area contributed by atoms with Crippen LogP contribution in [0.25, 0.3) is 0 Å². The molecule has 1 aromatic carbocycles. The van der Waals surface area contributed by atoms with Gasteiger partial charge in [0, 0.05) is 62.3 Å². The Balaban J connectivity index is 1.59. The van der Waals surface area contributed by atoms with Crippen LogP contribution >= 0.6 is 0 Å². The minimum Gasteiger partial charge on any atom is -0.326 e. The van der Waals surface area contributed by atoms with E-state index in [4.69, 9.17) is 0 Å². The molecule has 0 spiro atoms. The second kappa shape index (κ2) is 8.18. The van der Waals surface area contributed by atoms with E-state index >= 15 is 0 Å². The average molecular weight is 342 g/mol. The van der Waals surface area contributed by atoms with Gasteiger partial charge in [0.2, 0.25) is 5.91 Å². The molecule has 1 aliphatic heterocycles. The van der Waals surface area contributed by atoms with Crippen LogP contribution in [0.4, 0.5) is 10.1 Å². The number of anilines is 1. The molecule has 1 fully saturated rings. The van der Waals surface area contributed by atoms with Crippen LogP contribution in [0.2, 0.25) is 0 Å². The number of rotatable bonds is 5. The summed E-state index contributed by atoms with van der Waals surface area (Å²) in [6.45, 7) is 4.95. The number of piperazine rings is 1. The maximum atomic E-state index is 13.6.